The van der Waals surface area contributed by atoms with E-state index in [0.29, 0.717) is 0 Å². The molecule has 0 N–H and O–H groups in total. The molecule has 0 heterocycles. The SMILES string of the molecule is C[Si](CSc1ccccc1)CSc1ccccc1. The number of hydrogen-bond donors (Lipinski definition) is 0. The molecular formula is C15H17S2Si. The van der Waals surface area contributed by atoms with Gasteiger partial charge in [-0.1, -0.05) is 42.9 Å². The van der Waals surface area contributed by atoms with Crippen LogP contribution in [0.1, 0.15) is 0 Å². The molecule has 0 aliphatic carbocycles. The highest BCUT2D eigenvalue weighted by atomic mass is 32.2. The van der Waals surface area contributed by atoms with Gasteiger partial charge < -0.3 is 0 Å². The van der Waals surface area contributed by atoms with Crippen molar-refractivity contribution >= 4 is 32.3 Å². The average molecular weight is 290 g/mol. The molecule has 0 aliphatic rings. The predicted octanol–water partition coefficient (Wildman–Crippen LogP) is 4.77. The summed E-state index contributed by atoms with van der Waals surface area (Å²) < 4.78 is 0. The molecule has 2 rings (SSSR count). The molecule has 0 atom stereocenters. The maximum atomic E-state index is 2.43. The Labute approximate surface area is 120 Å². The van der Waals surface area contributed by atoms with Crippen LogP contribution in [0.3, 0.4) is 0 Å². The lowest BCUT2D eigenvalue weighted by atomic mass is 10.4. The van der Waals surface area contributed by atoms with E-state index in [9.17, 15) is 0 Å². The molecule has 0 saturated carbocycles. The molecule has 0 fully saturated rings. The maximum Gasteiger partial charge on any atom is 0.0683 e. The Morgan fingerprint density at radius 3 is 1.50 bits per heavy atom. The Morgan fingerprint density at radius 2 is 1.11 bits per heavy atom. The van der Waals surface area contributed by atoms with E-state index < -0.39 is 0 Å². The van der Waals surface area contributed by atoms with E-state index in [-0.39, 0.29) is 8.80 Å². The third kappa shape index (κ3) is 4.92. The molecular weight excluding hydrogens is 272 g/mol. The van der Waals surface area contributed by atoms with Crippen LogP contribution in [0.15, 0.2) is 70.5 Å². The highest BCUT2D eigenvalue weighted by Crippen LogP contribution is 2.21. The maximum absolute atomic E-state index is 2.43. The smallest absolute Gasteiger partial charge is 0.0683 e. The summed E-state index contributed by atoms with van der Waals surface area (Å²) in [6, 6.07) is 21.4. The molecule has 93 valence electrons. The van der Waals surface area contributed by atoms with Crippen LogP contribution in [0.2, 0.25) is 6.55 Å². The number of hydrogen-bond acceptors (Lipinski definition) is 2. The van der Waals surface area contributed by atoms with Crippen LogP contribution in [-0.4, -0.2) is 19.5 Å². The zero-order valence-corrected chi connectivity index (χ0v) is 13.1. The Morgan fingerprint density at radius 1 is 0.722 bits per heavy atom. The van der Waals surface area contributed by atoms with E-state index in [2.05, 4.69) is 67.2 Å². The number of benzene rings is 2. The second kappa shape index (κ2) is 7.72. The number of rotatable bonds is 6. The third-order valence-electron chi connectivity index (χ3n) is 2.46. The van der Waals surface area contributed by atoms with Crippen molar-refractivity contribution in [2.75, 3.05) is 10.8 Å². The van der Waals surface area contributed by atoms with Gasteiger partial charge in [-0.25, -0.2) is 0 Å². The van der Waals surface area contributed by atoms with Gasteiger partial charge in [0.25, 0.3) is 0 Å². The third-order valence-corrected chi connectivity index (χ3v) is 8.76. The van der Waals surface area contributed by atoms with Crippen molar-refractivity contribution in [1.82, 2.24) is 0 Å². The van der Waals surface area contributed by atoms with Crippen molar-refractivity contribution in [3.8, 4) is 0 Å². The summed E-state index contributed by atoms with van der Waals surface area (Å²) in [5.41, 5.74) is 0. The highest BCUT2D eigenvalue weighted by Gasteiger charge is 2.06. The Hall–Kier alpha value is -0.643. The average Bonchev–Trinajstić information content (AvgIpc) is 2.45. The van der Waals surface area contributed by atoms with Crippen LogP contribution in [0.5, 0.6) is 0 Å². The monoisotopic (exact) mass is 289 g/mol. The van der Waals surface area contributed by atoms with Gasteiger partial charge in [-0.3, -0.25) is 0 Å². The normalized spacial score (nSPS) is 10.8. The summed E-state index contributed by atoms with van der Waals surface area (Å²) in [6.45, 7) is 2.43. The van der Waals surface area contributed by atoms with Crippen molar-refractivity contribution in [2.24, 2.45) is 0 Å². The van der Waals surface area contributed by atoms with E-state index >= 15 is 0 Å². The van der Waals surface area contributed by atoms with Gasteiger partial charge in [0.2, 0.25) is 0 Å². The van der Waals surface area contributed by atoms with Crippen molar-refractivity contribution < 1.29 is 0 Å². The molecule has 3 heteroatoms. The molecule has 0 saturated heterocycles. The molecule has 2 aromatic carbocycles. The second-order valence-electron chi connectivity index (χ2n) is 4.16. The summed E-state index contributed by atoms with van der Waals surface area (Å²) in [7, 11) is -0.259. The van der Waals surface area contributed by atoms with Gasteiger partial charge >= 0.3 is 0 Å². The summed E-state index contributed by atoms with van der Waals surface area (Å²) in [5.74, 6) is 0. The van der Waals surface area contributed by atoms with E-state index in [0.717, 1.165) is 0 Å². The fourth-order valence-corrected chi connectivity index (χ4v) is 6.58. The quantitative estimate of drug-likeness (QED) is 0.555. The molecule has 0 aromatic heterocycles. The first-order valence-electron chi connectivity index (χ1n) is 6.01. The first kappa shape index (κ1) is 13.8. The van der Waals surface area contributed by atoms with Crippen LogP contribution < -0.4 is 0 Å². The van der Waals surface area contributed by atoms with E-state index in [1.165, 1.54) is 20.5 Å². The Balaban J connectivity index is 1.71. The molecule has 18 heavy (non-hydrogen) atoms. The fraction of sp³-hybridized carbons (Fsp3) is 0.200. The standard InChI is InChI=1S/C15H17S2Si/c1-18(12-16-14-8-4-2-5-9-14)13-17-15-10-6-3-7-11-15/h2-11H,12-13H2,1H3. The lowest BCUT2D eigenvalue weighted by Crippen LogP contribution is -2.15. The van der Waals surface area contributed by atoms with Gasteiger partial charge in [0.05, 0.1) is 8.80 Å². The van der Waals surface area contributed by atoms with Crippen LogP contribution in [-0.2, 0) is 0 Å². The van der Waals surface area contributed by atoms with Gasteiger partial charge in [0, 0.05) is 9.79 Å². The van der Waals surface area contributed by atoms with Gasteiger partial charge in [0.15, 0.2) is 0 Å². The first-order valence-corrected chi connectivity index (χ1v) is 10.4. The molecule has 0 bridgehead atoms. The molecule has 0 spiro atoms. The van der Waals surface area contributed by atoms with E-state index in [4.69, 9.17) is 0 Å². The van der Waals surface area contributed by atoms with Gasteiger partial charge in [-0.05, 0) is 35.0 Å². The van der Waals surface area contributed by atoms with E-state index in [1.54, 1.807) is 0 Å². The number of thioether (sulfide) groups is 2. The minimum Gasteiger partial charge on any atom is -0.129 e. The molecule has 2 aromatic rings. The van der Waals surface area contributed by atoms with Crippen molar-refractivity contribution in [1.29, 1.82) is 0 Å². The van der Waals surface area contributed by atoms with Crippen molar-refractivity contribution in [2.45, 2.75) is 16.3 Å². The topological polar surface area (TPSA) is 0 Å². The lowest BCUT2D eigenvalue weighted by molar-refractivity contribution is 1.46. The molecule has 0 amide bonds. The zero-order valence-electron chi connectivity index (χ0n) is 10.5. The minimum atomic E-state index is -0.259. The lowest BCUT2D eigenvalue weighted by Gasteiger charge is -2.09. The van der Waals surface area contributed by atoms with Crippen LogP contribution in [0.4, 0.5) is 0 Å². The summed E-state index contributed by atoms with van der Waals surface area (Å²) in [6.07, 6.45) is 0. The van der Waals surface area contributed by atoms with Gasteiger partial charge in [-0.15, -0.1) is 23.5 Å². The van der Waals surface area contributed by atoms with Crippen LogP contribution in [0, 0.1) is 0 Å². The predicted molar refractivity (Wildman–Crippen MR) is 86.0 cm³/mol. The van der Waals surface area contributed by atoms with Crippen molar-refractivity contribution in [3.05, 3.63) is 60.7 Å². The first-order chi connectivity index (χ1) is 8.84. The van der Waals surface area contributed by atoms with Crippen LogP contribution >= 0.6 is 23.5 Å². The minimum absolute atomic E-state index is 0.259. The molecule has 0 nitrogen and oxygen atoms in total. The second-order valence-corrected chi connectivity index (χ2v) is 9.90. The summed E-state index contributed by atoms with van der Waals surface area (Å²) >= 11 is 3.99. The summed E-state index contributed by atoms with van der Waals surface area (Å²) in [4.78, 5) is 2.79. The molecule has 1 radical (unpaired) electrons. The van der Waals surface area contributed by atoms with Gasteiger partial charge in [0.1, 0.15) is 0 Å². The van der Waals surface area contributed by atoms with Gasteiger partial charge in [-0.2, -0.15) is 0 Å². The summed E-state index contributed by atoms with van der Waals surface area (Å²) in [5, 5.41) is 2.57. The Kier molecular flexibility index (Phi) is 5.91. The van der Waals surface area contributed by atoms with Crippen LogP contribution in [0.25, 0.3) is 0 Å². The Bertz CT molecular complexity index is 401. The molecule has 0 unspecified atom stereocenters. The highest BCUT2D eigenvalue weighted by molar-refractivity contribution is 8.02. The van der Waals surface area contributed by atoms with E-state index in [1.807, 2.05) is 23.5 Å². The molecule has 0 aliphatic heterocycles. The zero-order chi connectivity index (χ0) is 12.6. The van der Waals surface area contributed by atoms with Crippen molar-refractivity contribution in [3.63, 3.8) is 0 Å². The largest absolute Gasteiger partial charge is 0.129 e. The fourth-order valence-electron chi connectivity index (χ4n) is 1.49.